The van der Waals surface area contributed by atoms with Gasteiger partial charge >= 0.3 is 6.09 Å². The molecule has 0 saturated carbocycles. The maximum Gasteiger partial charge on any atom is 0.410 e. The third-order valence-electron chi connectivity index (χ3n) is 3.38. The van der Waals surface area contributed by atoms with Gasteiger partial charge in [0.05, 0.1) is 6.04 Å². The number of piperazine rings is 1. The molecule has 0 spiro atoms. The summed E-state index contributed by atoms with van der Waals surface area (Å²) in [5, 5.41) is 0. The van der Waals surface area contributed by atoms with Crippen molar-refractivity contribution in [3.63, 3.8) is 0 Å². The first-order chi connectivity index (χ1) is 8.37. The molecule has 2 heterocycles. The van der Waals surface area contributed by atoms with Crippen molar-refractivity contribution >= 4 is 11.9 Å². The Kier molecular flexibility index (Phi) is 3.61. The van der Waals surface area contributed by atoms with Crippen molar-refractivity contribution in [3.8, 4) is 0 Å². The van der Waals surface area contributed by atoms with Crippen LogP contribution in [0.5, 0.6) is 0 Å². The van der Waals surface area contributed by atoms with E-state index in [9.17, 15) is 9.59 Å². The highest BCUT2D eigenvalue weighted by molar-refractivity contribution is 5.85. The number of ketones is 1. The first-order valence-corrected chi connectivity index (χ1v) is 6.61. The Balaban J connectivity index is 1.96. The molecular formula is C13H22N2O3. The Hall–Kier alpha value is -1.10. The molecule has 0 aromatic carbocycles. The summed E-state index contributed by atoms with van der Waals surface area (Å²) in [6.07, 6.45) is 1.28. The molecule has 5 nitrogen and oxygen atoms in total. The summed E-state index contributed by atoms with van der Waals surface area (Å²) in [6, 6.07) is -0.111. The number of rotatable bonds is 0. The molecule has 0 N–H and O–H groups in total. The lowest BCUT2D eigenvalue weighted by molar-refractivity contribution is -0.129. The van der Waals surface area contributed by atoms with Crippen molar-refractivity contribution in [2.75, 3.05) is 26.2 Å². The van der Waals surface area contributed by atoms with Gasteiger partial charge in [0.25, 0.3) is 0 Å². The average Bonchev–Trinajstić information content (AvgIpc) is 2.27. The molecule has 1 atom stereocenters. The Bertz CT molecular complexity index is 349. The van der Waals surface area contributed by atoms with Crippen LogP contribution in [0.2, 0.25) is 0 Å². The molecule has 2 saturated heterocycles. The van der Waals surface area contributed by atoms with E-state index < -0.39 is 5.60 Å². The Labute approximate surface area is 108 Å². The summed E-state index contributed by atoms with van der Waals surface area (Å²) in [6.45, 7) is 8.44. The molecule has 1 unspecified atom stereocenters. The number of carbonyl (C=O) groups excluding carboxylic acids is 2. The van der Waals surface area contributed by atoms with Gasteiger partial charge in [-0.05, 0) is 33.7 Å². The first-order valence-electron chi connectivity index (χ1n) is 6.61. The standard InChI is InChI=1S/C13H22N2O3/c1-13(2,3)18-12(17)15-8-7-14-6-4-5-11(16)10(14)9-15/h10H,4-9H2,1-3H3. The normalized spacial score (nSPS) is 25.8. The van der Waals surface area contributed by atoms with E-state index in [0.29, 0.717) is 19.5 Å². The van der Waals surface area contributed by atoms with E-state index in [4.69, 9.17) is 4.74 Å². The van der Waals surface area contributed by atoms with Gasteiger partial charge in [-0.25, -0.2) is 4.79 Å². The van der Waals surface area contributed by atoms with E-state index in [-0.39, 0.29) is 17.9 Å². The number of hydrogen-bond donors (Lipinski definition) is 0. The van der Waals surface area contributed by atoms with Gasteiger partial charge in [0, 0.05) is 26.1 Å². The van der Waals surface area contributed by atoms with Gasteiger partial charge < -0.3 is 9.64 Å². The fourth-order valence-corrected chi connectivity index (χ4v) is 2.51. The molecule has 0 aliphatic carbocycles. The SMILES string of the molecule is CC(C)(C)OC(=O)N1CCN2CCCC(=O)C2C1. The van der Waals surface area contributed by atoms with Gasteiger partial charge in [0.2, 0.25) is 0 Å². The molecule has 0 radical (unpaired) electrons. The van der Waals surface area contributed by atoms with E-state index >= 15 is 0 Å². The minimum absolute atomic E-state index is 0.111. The minimum atomic E-state index is -0.481. The highest BCUT2D eigenvalue weighted by Crippen LogP contribution is 2.20. The summed E-state index contributed by atoms with van der Waals surface area (Å²) in [7, 11) is 0. The summed E-state index contributed by atoms with van der Waals surface area (Å²) in [5.74, 6) is 0.259. The molecule has 0 aromatic rings. The van der Waals surface area contributed by atoms with E-state index in [2.05, 4.69) is 4.90 Å². The monoisotopic (exact) mass is 254 g/mol. The molecule has 18 heavy (non-hydrogen) atoms. The third kappa shape index (κ3) is 3.02. The van der Waals surface area contributed by atoms with Crippen LogP contribution in [-0.4, -0.2) is 59.5 Å². The second-order valence-corrected chi connectivity index (χ2v) is 6.05. The second-order valence-electron chi connectivity index (χ2n) is 6.05. The van der Waals surface area contributed by atoms with Gasteiger partial charge in [-0.2, -0.15) is 0 Å². The predicted molar refractivity (Wildman–Crippen MR) is 67.4 cm³/mol. The molecule has 2 aliphatic heterocycles. The van der Waals surface area contributed by atoms with Crippen LogP contribution in [0.3, 0.4) is 0 Å². The average molecular weight is 254 g/mol. The maximum atomic E-state index is 12.0. The predicted octanol–water partition coefficient (Wildman–Crippen LogP) is 1.27. The molecule has 0 bridgehead atoms. The lowest BCUT2D eigenvalue weighted by Gasteiger charge is -2.42. The lowest BCUT2D eigenvalue weighted by Crippen LogP contribution is -2.60. The summed E-state index contributed by atoms with van der Waals surface area (Å²) in [5.41, 5.74) is -0.481. The number of Topliss-reactive ketones (excluding diaryl/α,β-unsaturated/α-hetero) is 1. The van der Waals surface area contributed by atoms with Gasteiger partial charge in [-0.1, -0.05) is 0 Å². The topological polar surface area (TPSA) is 49.9 Å². The van der Waals surface area contributed by atoms with Gasteiger partial charge in [0.1, 0.15) is 5.60 Å². The zero-order valence-electron chi connectivity index (χ0n) is 11.4. The zero-order chi connectivity index (χ0) is 13.3. The van der Waals surface area contributed by atoms with Crippen LogP contribution in [0.4, 0.5) is 4.79 Å². The number of piperidine rings is 1. The molecule has 0 aromatic heterocycles. The molecule has 2 aliphatic rings. The fourth-order valence-electron chi connectivity index (χ4n) is 2.51. The molecule has 2 rings (SSSR count). The number of ether oxygens (including phenoxy) is 1. The van der Waals surface area contributed by atoms with Crippen LogP contribution < -0.4 is 0 Å². The third-order valence-corrected chi connectivity index (χ3v) is 3.38. The summed E-state index contributed by atoms with van der Waals surface area (Å²) < 4.78 is 5.35. The van der Waals surface area contributed by atoms with E-state index in [0.717, 1.165) is 19.5 Å². The van der Waals surface area contributed by atoms with Crippen molar-refractivity contribution in [2.24, 2.45) is 0 Å². The van der Waals surface area contributed by atoms with Crippen LogP contribution in [0.15, 0.2) is 0 Å². The number of nitrogens with zero attached hydrogens (tertiary/aromatic N) is 2. The Morgan fingerprint density at radius 2 is 2.00 bits per heavy atom. The van der Waals surface area contributed by atoms with Crippen molar-refractivity contribution in [1.82, 2.24) is 9.80 Å². The molecule has 5 heteroatoms. The van der Waals surface area contributed by atoms with Gasteiger partial charge in [-0.3, -0.25) is 9.69 Å². The van der Waals surface area contributed by atoms with Gasteiger partial charge in [-0.15, -0.1) is 0 Å². The summed E-state index contributed by atoms with van der Waals surface area (Å²) >= 11 is 0. The smallest absolute Gasteiger partial charge is 0.410 e. The molecular weight excluding hydrogens is 232 g/mol. The molecule has 2 fully saturated rings. The quantitative estimate of drug-likeness (QED) is 0.653. The Morgan fingerprint density at radius 3 is 2.67 bits per heavy atom. The van der Waals surface area contributed by atoms with E-state index in [1.165, 1.54) is 0 Å². The van der Waals surface area contributed by atoms with Crippen LogP contribution in [0, 0.1) is 0 Å². The zero-order valence-corrected chi connectivity index (χ0v) is 11.4. The van der Waals surface area contributed by atoms with Crippen molar-refractivity contribution in [2.45, 2.75) is 45.3 Å². The van der Waals surface area contributed by atoms with Crippen LogP contribution in [0.25, 0.3) is 0 Å². The largest absolute Gasteiger partial charge is 0.444 e. The number of fused-ring (bicyclic) bond motifs is 1. The summed E-state index contributed by atoms with van der Waals surface area (Å²) in [4.78, 5) is 27.7. The van der Waals surface area contributed by atoms with E-state index in [1.54, 1.807) is 4.90 Å². The maximum absolute atomic E-state index is 12.0. The number of hydrogen-bond acceptors (Lipinski definition) is 4. The van der Waals surface area contributed by atoms with Gasteiger partial charge in [0.15, 0.2) is 5.78 Å². The highest BCUT2D eigenvalue weighted by atomic mass is 16.6. The lowest BCUT2D eigenvalue weighted by atomic mass is 9.98. The van der Waals surface area contributed by atoms with Crippen molar-refractivity contribution < 1.29 is 14.3 Å². The highest BCUT2D eigenvalue weighted by Gasteiger charge is 2.37. The first kappa shape index (κ1) is 13.3. The van der Waals surface area contributed by atoms with Crippen molar-refractivity contribution in [1.29, 1.82) is 0 Å². The minimum Gasteiger partial charge on any atom is -0.444 e. The Morgan fingerprint density at radius 1 is 1.28 bits per heavy atom. The van der Waals surface area contributed by atoms with Crippen LogP contribution >= 0.6 is 0 Å². The van der Waals surface area contributed by atoms with Crippen LogP contribution in [0.1, 0.15) is 33.6 Å². The molecule has 102 valence electrons. The van der Waals surface area contributed by atoms with Crippen molar-refractivity contribution in [3.05, 3.63) is 0 Å². The fraction of sp³-hybridized carbons (Fsp3) is 0.846. The van der Waals surface area contributed by atoms with Crippen LogP contribution in [-0.2, 0) is 9.53 Å². The van der Waals surface area contributed by atoms with E-state index in [1.807, 2.05) is 20.8 Å². The second kappa shape index (κ2) is 4.88. The molecule has 1 amide bonds. The number of carbonyl (C=O) groups is 2. The number of amides is 1.